The van der Waals surface area contributed by atoms with E-state index in [0.29, 0.717) is 18.9 Å². The van der Waals surface area contributed by atoms with Gasteiger partial charge in [0.05, 0.1) is 0 Å². The Labute approximate surface area is 169 Å². The topological polar surface area (TPSA) is 55.1 Å². The molecule has 0 heterocycles. The summed E-state index contributed by atoms with van der Waals surface area (Å²) in [5, 5.41) is 3.07. The van der Waals surface area contributed by atoms with Crippen LogP contribution in [0.2, 0.25) is 0 Å². The summed E-state index contributed by atoms with van der Waals surface area (Å²) in [6.07, 6.45) is 24.1. The van der Waals surface area contributed by atoms with Crippen molar-refractivity contribution in [3.63, 3.8) is 0 Å². The number of nitrogens with two attached hydrogens (primary N) is 1. The van der Waals surface area contributed by atoms with Crippen molar-refractivity contribution in [3.05, 3.63) is 24.3 Å². The highest BCUT2D eigenvalue weighted by Crippen LogP contribution is 2.09. The van der Waals surface area contributed by atoms with Gasteiger partial charge in [0.15, 0.2) is 0 Å². The molecule has 0 aliphatic heterocycles. The van der Waals surface area contributed by atoms with Crippen LogP contribution in [-0.4, -0.2) is 18.5 Å². The fourth-order valence-corrected chi connectivity index (χ4v) is 3.18. The van der Waals surface area contributed by atoms with Crippen LogP contribution in [0.15, 0.2) is 24.3 Å². The van der Waals surface area contributed by atoms with Crippen molar-refractivity contribution in [2.24, 2.45) is 11.7 Å². The van der Waals surface area contributed by atoms with Gasteiger partial charge < -0.3 is 11.1 Å². The Morgan fingerprint density at radius 1 is 0.889 bits per heavy atom. The summed E-state index contributed by atoms with van der Waals surface area (Å²) < 4.78 is 0. The Kier molecular flexibility index (Phi) is 18.9. The number of hydrogen-bond donors (Lipinski definition) is 2. The fraction of sp³-hybridized carbons (Fsp3) is 0.792. The van der Waals surface area contributed by atoms with Crippen molar-refractivity contribution < 1.29 is 4.79 Å². The van der Waals surface area contributed by atoms with Crippen LogP contribution >= 0.6 is 0 Å². The molecule has 0 aliphatic carbocycles. The summed E-state index contributed by atoms with van der Waals surface area (Å²) in [7, 11) is 0. The second-order valence-electron chi connectivity index (χ2n) is 8.11. The van der Waals surface area contributed by atoms with Crippen LogP contribution in [0.4, 0.5) is 0 Å². The number of nitrogens with one attached hydrogen (secondary N) is 1. The number of carbonyl (C=O) groups is 1. The lowest BCUT2D eigenvalue weighted by molar-refractivity contribution is -0.121. The second-order valence-corrected chi connectivity index (χ2v) is 8.11. The minimum Gasteiger partial charge on any atom is -0.352 e. The van der Waals surface area contributed by atoms with Crippen LogP contribution in [0.25, 0.3) is 0 Å². The molecule has 0 aliphatic rings. The monoisotopic (exact) mass is 378 g/mol. The molecule has 1 amide bonds. The van der Waals surface area contributed by atoms with E-state index in [1.807, 2.05) is 0 Å². The molecule has 0 bridgehead atoms. The van der Waals surface area contributed by atoms with E-state index >= 15 is 0 Å². The lowest BCUT2D eigenvalue weighted by atomic mass is 10.0. The number of rotatable bonds is 18. The normalized spacial score (nSPS) is 13.1. The average molecular weight is 379 g/mol. The molecule has 0 spiro atoms. The highest BCUT2D eigenvalue weighted by Gasteiger charge is 2.11. The third-order valence-electron chi connectivity index (χ3n) is 4.76. The Morgan fingerprint density at radius 2 is 1.48 bits per heavy atom. The average Bonchev–Trinajstić information content (AvgIpc) is 2.64. The third kappa shape index (κ3) is 19.5. The van der Waals surface area contributed by atoms with Gasteiger partial charge in [-0.15, -0.1) is 0 Å². The number of allylic oxidation sites excluding steroid dienone is 4. The van der Waals surface area contributed by atoms with Crippen LogP contribution in [0.3, 0.4) is 0 Å². The lowest BCUT2D eigenvalue weighted by Gasteiger charge is -2.18. The standard InChI is InChI=1S/C24H46N2O/c1-4-5-6-7-8-9-10-11-12-13-14-15-16-17-18-19-24(27)26-23(21-25)20-22(2)3/h8-9,11-12,22-23H,4-7,10,13-21,25H2,1-3H3,(H,26,27)/b9-8-,12-11-/t23-/m0/s1. The van der Waals surface area contributed by atoms with E-state index in [2.05, 4.69) is 50.4 Å². The summed E-state index contributed by atoms with van der Waals surface area (Å²) in [5.74, 6) is 0.728. The highest BCUT2D eigenvalue weighted by molar-refractivity contribution is 5.76. The fourth-order valence-electron chi connectivity index (χ4n) is 3.18. The molecule has 158 valence electrons. The van der Waals surface area contributed by atoms with Gasteiger partial charge in [0.1, 0.15) is 0 Å². The molecule has 27 heavy (non-hydrogen) atoms. The molecule has 0 rings (SSSR count). The van der Waals surface area contributed by atoms with Crippen LogP contribution in [0.5, 0.6) is 0 Å². The zero-order valence-corrected chi connectivity index (χ0v) is 18.3. The van der Waals surface area contributed by atoms with E-state index in [1.54, 1.807) is 0 Å². The summed E-state index contributed by atoms with van der Waals surface area (Å²) in [4.78, 5) is 11.9. The smallest absolute Gasteiger partial charge is 0.220 e. The molecule has 0 aromatic rings. The van der Waals surface area contributed by atoms with Gasteiger partial charge in [0.25, 0.3) is 0 Å². The molecule has 0 unspecified atom stereocenters. The maximum atomic E-state index is 11.9. The molecule has 0 aromatic carbocycles. The number of unbranched alkanes of at least 4 members (excludes halogenated alkanes) is 8. The third-order valence-corrected chi connectivity index (χ3v) is 4.76. The predicted octanol–water partition coefficient (Wildman–Crippen LogP) is 6.29. The first kappa shape index (κ1) is 25.9. The Morgan fingerprint density at radius 3 is 2.07 bits per heavy atom. The molecule has 0 saturated carbocycles. The maximum absolute atomic E-state index is 11.9. The molecular formula is C24H46N2O. The first-order chi connectivity index (χ1) is 13.1. The first-order valence-electron chi connectivity index (χ1n) is 11.4. The molecule has 0 saturated heterocycles. The molecular weight excluding hydrogens is 332 g/mol. The summed E-state index contributed by atoms with van der Waals surface area (Å²) >= 11 is 0. The van der Waals surface area contributed by atoms with E-state index in [-0.39, 0.29) is 11.9 Å². The number of amides is 1. The predicted molar refractivity (Wildman–Crippen MR) is 120 cm³/mol. The van der Waals surface area contributed by atoms with Gasteiger partial charge >= 0.3 is 0 Å². The zero-order chi connectivity index (χ0) is 20.2. The first-order valence-corrected chi connectivity index (χ1v) is 11.4. The number of hydrogen-bond acceptors (Lipinski definition) is 2. The summed E-state index contributed by atoms with van der Waals surface area (Å²) in [6, 6.07) is 0.135. The molecule has 1 atom stereocenters. The molecule has 3 heteroatoms. The van der Waals surface area contributed by atoms with Crippen molar-refractivity contribution in [2.75, 3.05) is 6.54 Å². The van der Waals surface area contributed by atoms with Crippen molar-refractivity contribution in [3.8, 4) is 0 Å². The summed E-state index contributed by atoms with van der Waals surface area (Å²) in [6.45, 7) is 7.10. The van der Waals surface area contributed by atoms with Crippen molar-refractivity contribution >= 4 is 5.91 Å². The molecule has 3 N–H and O–H groups in total. The quantitative estimate of drug-likeness (QED) is 0.217. The lowest BCUT2D eigenvalue weighted by Crippen LogP contribution is -2.40. The molecule has 0 fully saturated rings. The highest BCUT2D eigenvalue weighted by atomic mass is 16.1. The van der Waals surface area contributed by atoms with Gasteiger partial charge in [0, 0.05) is 19.0 Å². The van der Waals surface area contributed by atoms with E-state index < -0.39 is 0 Å². The van der Waals surface area contributed by atoms with Gasteiger partial charge in [-0.05, 0) is 50.9 Å². The minimum atomic E-state index is 0.135. The Balaban J connectivity index is 3.46. The van der Waals surface area contributed by atoms with Gasteiger partial charge in [-0.3, -0.25) is 4.79 Å². The largest absolute Gasteiger partial charge is 0.352 e. The van der Waals surface area contributed by atoms with E-state index in [9.17, 15) is 4.79 Å². The summed E-state index contributed by atoms with van der Waals surface area (Å²) in [5.41, 5.74) is 5.73. The van der Waals surface area contributed by atoms with Gasteiger partial charge in [0.2, 0.25) is 5.91 Å². The van der Waals surface area contributed by atoms with Crippen LogP contribution in [0, 0.1) is 5.92 Å². The van der Waals surface area contributed by atoms with Crippen LogP contribution in [-0.2, 0) is 4.79 Å². The van der Waals surface area contributed by atoms with E-state index in [0.717, 1.165) is 25.7 Å². The van der Waals surface area contributed by atoms with Crippen LogP contribution < -0.4 is 11.1 Å². The van der Waals surface area contributed by atoms with Crippen molar-refractivity contribution in [2.45, 2.75) is 110 Å². The molecule has 3 nitrogen and oxygen atoms in total. The minimum absolute atomic E-state index is 0.135. The van der Waals surface area contributed by atoms with Crippen LogP contribution in [0.1, 0.15) is 104 Å². The molecule has 0 radical (unpaired) electrons. The van der Waals surface area contributed by atoms with Gasteiger partial charge in [-0.1, -0.05) is 77.2 Å². The van der Waals surface area contributed by atoms with E-state index in [4.69, 9.17) is 5.73 Å². The zero-order valence-electron chi connectivity index (χ0n) is 18.3. The van der Waals surface area contributed by atoms with Gasteiger partial charge in [-0.25, -0.2) is 0 Å². The maximum Gasteiger partial charge on any atom is 0.220 e. The van der Waals surface area contributed by atoms with E-state index in [1.165, 1.54) is 51.4 Å². The van der Waals surface area contributed by atoms with Gasteiger partial charge in [-0.2, -0.15) is 0 Å². The Bertz CT molecular complexity index is 388. The van der Waals surface area contributed by atoms with Crippen molar-refractivity contribution in [1.82, 2.24) is 5.32 Å². The Hall–Kier alpha value is -1.09. The number of carbonyl (C=O) groups excluding carboxylic acids is 1. The molecule has 0 aromatic heterocycles. The van der Waals surface area contributed by atoms with Crippen molar-refractivity contribution in [1.29, 1.82) is 0 Å². The second kappa shape index (κ2) is 19.7. The SMILES string of the molecule is CCCCC/C=C\C/C=C\CCCCCCCC(=O)N[C@H](CN)CC(C)C.